The number of nitrogens with zero attached hydrogens (tertiary/aromatic N) is 1. The highest BCUT2D eigenvalue weighted by molar-refractivity contribution is 14.1. The third-order valence-electron chi connectivity index (χ3n) is 3.99. The van der Waals surface area contributed by atoms with Crippen molar-refractivity contribution in [2.24, 2.45) is 0 Å². The van der Waals surface area contributed by atoms with Gasteiger partial charge in [0, 0.05) is 29.6 Å². The third kappa shape index (κ3) is 6.12. The number of hydrogen-bond donors (Lipinski definition) is 1. The third-order valence-corrected chi connectivity index (χ3v) is 4.71. The van der Waals surface area contributed by atoms with Crippen molar-refractivity contribution in [2.75, 3.05) is 20.1 Å². The Morgan fingerprint density at radius 1 is 1.33 bits per heavy atom. The van der Waals surface area contributed by atoms with Gasteiger partial charge in [0.1, 0.15) is 0 Å². The molecule has 1 amide bonds. The zero-order chi connectivity index (χ0) is 14.4. The van der Waals surface area contributed by atoms with Gasteiger partial charge in [0.15, 0.2) is 0 Å². The summed E-state index contributed by atoms with van der Waals surface area (Å²) in [5.41, 5.74) is 1.37. The Morgan fingerprint density at radius 3 is 2.67 bits per heavy atom. The highest BCUT2D eigenvalue weighted by Crippen LogP contribution is 2.12. The number of halogens is 2. The highest BCUT2D eigenvalue weighted by atomic mass is 127. The fraction of sp³-hybridized carbons (Fsp3) is 0.562. The summed E-state index contributed by atoms with van der Waals surface area (Å²) in [5.74, 6) is 0.293. The van der Waals surface area contributed by atoms with Crippen LogP contribution < -0.4 is 5.32 Å². The van der Waals surface area contributed by atoms with Crippen LogP contribution in [0.2, 0.25) is 0 Å². The second kappa shape index (κ2) is 9.64. The van der Waals surface area contributed by atoms with Gasteiger partial charge >= 0.3 is 0 Å². The van der Waals surface area contributed by atoms with Gasteiger partial charge in [-0.15, -0.1) is 12.4 Å². The Bertz CT molecular complexity index is 432. The summed E-state index contributed by atoms with van der Waals surface area (Å²) < 4.78 is 1.27. The summed E-state index contributed by atoms with van der Waals surface area (Å²) in [7, 11) is 1.94. The first-order valence-electron chi connectivity index (χ1n) is 7.37. The second-order valence-electron chi connectivity index (χ2n) is 5.48. The van der Waals surface area contributed by atoms with Crippen LogP contribution in [-0.4, -0.2) is 37.0 Å². The lowest BCUT2D eigenvalue weighted by molar-refractivity contribution is -0.131. The number of rotatable bonds is 6. The number of benzene rings is 1. The van der Waals surface area contributed by atoms with Gasteiger partial charge in [0.2, 0.25) is 5.91 Å². The van der Waals surface area contributed by atoms with Crippen LogP contribution in [0.25, 0.3) is 0 Å². The van der Waals surface area contributed by atoms with Crippen molar-refractivity contribution >= 4 is 40.9 Å². The lowest BCUT2D eigenvalue weighted by atomic mass is 10.1. The molecule has 0 bridgehead atoms. The molecule has 1 N–H and O–H groups in total. The van der Waals surface area contributed by atoms with Crippen LogP contribution in [0.1, 0.15) is 31.2 Å². The summed E-state index contributed by atoms with van der Waals surface area (Å²) in [6.07, 6.45) is 4.90. The Hall–Kier alpha value is -0.330. The first-order valence-corrected chi connectivity index (χ1v) is 8.45. The van der Waals surface area contributed by atoms with Gasteiger partial charge in [-0.1, -0.05) is 12.1 Å². The molecular weight excluding hydrogens is 399 g/mol. The SMILES string of the molecule is CN(C(=O)CCCCc1ccc(I)cc1)C1CCNC1.Cl. The normalized spacial score (nSPS) is 17.3. The van der Waals surface area contributed by atoms with E-state index in [2.05, 4.69) is 52.2 Å². The monoisotopic (exact) mass is 422 g/mol. The Labute approximate surface area is 147 Å². The fourth-order valence-electron chi connectivity index (χ4n) is 2.61. The van der Waals surface area contributed by atoms with Crippen LogP contribution in [0.3, 0.4) is 0 Å². The van der Waals surface area contributed by atoms with E-state index in [0.717, 1.165) is 38.8 Å². The maximum absolute atomic E-state index is 12.1. The summed E-state index contributed by atoms with van der Waals surface area (Å²) in [4.78, 5) is 14.0. The predicted octanol–water partition coefficient (Wildman–Crippen LogP) is 3.25. The minimum absolute atomic E-state index is 0. The van der Waals surface area contributed by atoms with E-state index in [0.29, 0.717) is 18.4 Å². The molecule has 1 unspecified atom stereocenters. The Kier molecular flexibility index (Phi) is 8.59. The molecule has 2 rings (SSSR count). The van der Waals surface area contributed by atoms with E-state index in [-0.39, 0.29) is 12.4 Å². The molecule has 1 atom stereocenters. The lowest BCUT2D eigenvalue weighted by Crippen LogP contribution is -2.38. The molecule has 1 aromatic carbocycles. The molecule has 0 aromatic heterocycles. The van der Waals surface area contributed by atoms with Crippen LogP contribution in [0.4, 0.5) is 0 Å². The number of nitrogens with one attached hydrogen (secondary N) is 1. The molecule has 5 heteroatoms. The molecule has 21 heavy (non-hydrogen) atoms. The van der Waals surface area contributed by atoms with Crippen molar-refractivity contribution in [3.05, 3.63) is 33.4 Å². The Balaban J connectivity index is 0.00000220. The highest BCUT2D eigenvalue weighted by Gasteiger charge is 2.22. The van der Waals surface area contributed by atoms with E-state index in [1.807, 2.05) is 11.9 Å². The number of carbonyl (C=O) groups excluding carboxylic acids is 1. The number of likely N-dealkylation sites (N-methyl/N-ethyl adjacent to an activating group) is 1. The van der Waals surface area contributed by atoms with Crippen molar-refractivity contribution < 1.29 is 4.79 Å². The molecule has 0 saturated carbocycles. The van der Waals surface area contributed by atoms with Crippen LogP contribution in [-0.2, 0) is 11.2 Å². The first-order chi connectivity index (χ1) is 9.66. The van der Waals surface area contributed by atoms with Gasteiger partial charge in [-0.05, 0) is 72.5 Å². The number of amides is 1. The topological polar surface area (TPSA) is 32.3 Å². The lowest BCUT2D eigenvalue weighted by Gasteiger charge is -2.23. The molecule has 1 aromatic rings. The summed E-state index contributed by atoms with van der Waals surface area (Å²) in [5, 5.41) is 3.31. The van der Waals surface area contributed by atoms with Gasteiger partial charge < -0.3 is 10.2 Å². The minimum atomic E-state index is 0. The van der Waals surface area contributed by atoms with Gasteiger partial charge in [0.05, 0.1) is 0 Å². The second-order valence-corrected chi connectivity index (χ2v) is 6.73. The average molecular weight is 423 g/mol. The van der Waals surface area contributed by atoms with Crippen molar-refractivity contribution in [2.45, 2.75) is 38.1 Å². The minimum Gasteiger partial charge on any atom is -0.341 e. The van der Waals surface area contributed by atoms with Crippen LogP contribution >= 0.6 is 35.0 Å². The van der Waals surface area contributed by atoms with E-state index in [9.17, 15) is 4.79 Å². The average Bonchev–Trinajstić information content (AvgIpc) is 2.98. The smallest absolute Gasteiger partial charge is 0.222 e. The zero-order valence-electron chi connectivity index (χ0n) is 12.5. The molecule has 1 saturated heterocycles. The molecule has 1 aliphatic heterocycles. The number of unbranched alkanes of at least 4 members (excludes halogenated alkanes) is 1. The number of aryl methyl sites for hydroxylation is 1. The van der Waals surface area contributed by atoms with Crippen LogP contribution in [0.15, 0.2) is 24.3 Å². The maximum atomic E-state index is 12.1. The summed E-state index contributed by atoms with van der Waals surface area (Å²) >= 11 is 2.32. The largest absolute Gasteiger partial charge is 0.341 e. The van der Waals surface area contributed by atoms with Crippen molar-refractivity contribution in [3.8, 4) is 0 Å². The molecule has 3 nitrogen and oxygen atoms in total. The summed E-state index contributed by atoms with van der Waals surface area (Å²) in [6.45, 7) is 1.99. The fourth-order valence-corrected chi connectivity index (χ4v) is 2.97. The molecule has 0 spiro atoms. The maximum Gasteiger partial charge on any atom is 0.222 e. The van der Waals surface area contributed by atoms with E-state index >= 15 is 0 Å². The molecule has 1 heterocycles. The van der Waals surface area contributed by atoms with Gasteiger partial charge in [0.25, 0.3) is 0 Å². The predicted molar refractivity (Wildman–Crippen MR) is 98.0 cm³/mol. The van der Waals surface area contributed by atoms with Crippen molar-refractivity contribution in [3.63, 3.8) is 0 Å². The molecule has 118 valence electrons. The quantitative estimate of drug-likeness (QED) is 0.564. The van der Waals surface area contributed by atoms with Gasteiger partial charge in [-0.25, -0.2) is 0 Å². The molecule has 1 aliphatic rings. The zero-order valence-corrected chi connectivity index (χ0v) is 15.5. The van der Waals surface area contributed by atoms with Crippen molar-refractivity contribution in [1.82, 2.24) is 10.2 Å². The Morgan fingerprint density at radius 2 is 2.05 bits per heavy atom. The standard InChI is InChI=1S/C16H23IN2O.ClH/c1-19(15-10-11-18-12-15)16(20)5-3-2-4-13-6-8-14(17)9-7-13;/h6-9,15,18H,2-5,10-12H2,1H3;1H. The van der Waals surface area contributed by atoms with Crippen LogP contribution in [0.5, 0.6) is 0 Å². The summed E-state index contributed by atoms with van der Waals surface area (Å²) in [6, 6.07) is 9.04. The number of hydrogen-bond acceptors (Lipinski definition) is 2. The van der Waals surface area contributed by atoms with E-state index in [1.165, 1.54) is 9.13 Å². The number of carbonyl (C=O) groups is 1. The van der Waals surface area contributed by atoms with E-state index < -0.39 is 0 Å². The molecule has 1 fully saturated rings. The van der Waals surface area contributed by atoms with Crippen molar-refractivity contribution in [1.29, 1.82) is 0 Å². The van der Waals surface area contributed by atoms with Gasteiger partial charge in [-0.3, -0.25) is 4.79 Å². The molecule has 0 aliphatic carbocycles. The molecular formula is C16H24ClIN2O. The van der Waals surface area contributed by atoms with E-state index in [4.69, 9.17) is 0 Å². The van der Waals surface area contributed by atoms with E-state index in [1.54, 1.807) is 0 Å². The van der Waals surface area contributed by atoms with Gasteiger partial charge in [-0.2, -0.15) is 0 Å². The van der Waals surface area contributed by atoms with Crippen LogP contribution in [0, 0.1) is 3.57 Å². The molecule has 0 radical (unpaired) electrons. The first kappa shape index (κ1) is 18.7.